The molecule has 0 aliphatic carbocycles. The minimum absolute atomic E-state index is 0. The van der Waals surface area contributed by atoms with Gasteiger partial charge in [-0.3, -0.25) is 10.0 Å². The molecule has 194 valence electrons. The lowest BCUT2D eigenvalue weighted by Gasteiger charge is -2.39. The van der Waals surface area contributed by atoms with Crippen molar-refractivity contribution in [3.05, 3.63) is 54.1 Å². The van der Waals surface area contributed by atoms with Gasteiger partial charge in [-0.1, -0.05) is 0 Å². The Morgan fingerprint density at radius 1 is 1.06 bits per heavy atom. The summed E-state index contributed by atoms with van der Waals surface area (Å²) in [6.45, 7) is 1.74. The maximum atomic E-state index is 13.5. The van der Waals surface area contributed by atoms with E-state index in [1.807, 2.05) is 4.90 Å². The average molecular weight is 538 g/mol. The fourth-order valence-electron chi connectivity index (χ4n) is 3.93. The van der Waals surface area contributed by atoms with Gasteiger partial charge in [0, 0.05) is 38.1 Å². The summed E-state index contributed by atoms with van der Waals surface area (Å²) in [6, 6.07) is 9.99. The highest BCUT2D eigenvalue weighted by Gasteiger charge is 2.52. The van der Waals surface area contributed by atoms with Crippen LogP contribution in [0.15, 0.2) is 53.4 Å². The van der Waals surface area contributed by atoms with Crippen LogP contribution in [-0.2, 0) is 25.5 Å². The molecule has 3 rings (SSSR count). The number of hydrogen-bond donors (Lipinski definition) is 3. The van der Waals surface area contributed by atoms with Crippen LogP contribution in [0.2, 0.25) is 0 Å². The van der Waals surface area contributed by atoms with Gasteiger partial charge in [-0.15, -0.1) is 12.4 Å². The molecular formula is C22H27ClF3N3O5S. The third-order valence-corrected chi connectivity index (χ3v) is 8.49. The number of methoxy groups -OCH3 is 1. The standard InChI is InChI=1S/C22H26F3N3O5S.ClH/c1-33-15-14-28-12-10-21(11-13-28,20(29)27-30)34(31,32)19-8-6-18(7-9-19)26-17-4-2-16(3-5-17)22(23,24)25;/h2-9,26,30H,10-15H2,1H3,(H,27,29);1H. The third kappa shape index (κ3) is 6.25. The second-order valence-corrected chi connectivity index (χ2v) is 10.3. The van der Waals surface area contributed by atoms with Gasteiger partial charge in [0.15, 0.2) is 14.6 Å². The van der Waals surface area contributed by atoms with Gasteiger partial charge in [0.1, 0.15) is 0 Å². The normalized spacial score (nSPS) is 16.3. The molecule has 2 aromatic carbocycles. The van der Waals surface area contributed by atoms with E-state index < -0.39 is 32.2 Å². The van der Waals surface area contributed by atoms with Crippen molar-refractivity contribution < 1.29 is 36.3 Å². The van der Waals surface area contributed by atoms with Crippen LogP contribution >= 0.6 is 12.4 Å². The van der Waals surface area contributed by atoms with Gasteiger partial charge in [0.05, 0.1) is 17.1 Å². The van der Waals surface area contributed by atoms with E-state index in [0.717, 1.165) is 12.1 Å². The quantitative estimate of drug-likeness (QED) is 0.348. The van der Waals surface area contributed by atoms with E-state index in [-0.39, 0.29) is 30.1 Å². The van der Waals surface area contributed by atoms with Gasteiger partial charge in [-0.25, -0.2) is 13.9 Å². The number of carbonyl (C=O) groups is 1. The minimum Gasteiger partial charge on any atom is -0.383 e. The summed E-state index contributed by atoms with van der Waals surface area (Å²) in [6.07, 6.45) is -4.45. The number of hydrogen-bond acceptors (Lipinski definition) is 7. The molecule has 1 amide bonds. The van der Waals surface area contributed by atoms with Crippen LogP contribution < -0.4 is 10.8 Å². The number of rotatable bonds is 8. The Morgan fingerprint density at radius 3 is 2.03 bits per heavy atom. The van der Waals surface area contributed by atoms with Gasteiger partial charge >= 0.3 is 6.18 Å². The van der Waals surface area contributed by atoms with Crippen LogP contribution in [0, 0.1) is 0 Å². The number of carbonyl (C=O) groups excluding carboxylic acids is 1. The number of likely N-dealkylation sites (tertiary alicyclic amines) is 1. The van der Waals surface area contributed by atoms with E-state index in [4.69, 9.17) is 4.74 Å². The fraction of sp³-hybridized carbons (Fsp3) is 0.409. The summed E-state index contributed by atoms with van der Waals surface area (Å²) in [7, 11) is -2.61. The van der Waals surface area contributed by atoms with Crippen LogP contribution in [0.4, 0.5) is 24.5 Å². The molecule has 0 spiro atoms. The Balaban J connectivity index is 0.00000432. The van der Waals surface area contributed by atoms with Crippen LogP contribution in [0.3, 0.4) is 0 Å². The van der Waals surface area contributed by atoms with Gasteiger partial charge in [0.2, 0.25) is 0 Å². The van der Waals surface area contributed by atoms with Crippen molar-refractivity contribution in [2.45, 2.75) is 28.7 Å². The molecule has 1 aliphatic rings. The molecule has 1 fully saturated rings. The number of nitrogens with one attached hydrogen (secondary N) is 2. The fourth-order valence-corrected chi connectivity index (χ4v) is 5.89. The molecule has 0 unspecified atom stereocenters. The van der Waals surface area contributed by atoms with E-state index in [2.05, 4.69) is 5.32 Å². The summed E-state index contributed by atoms with van der Waals surface area (Å²) in [4.78, 5) is 14.4. The highest BCUT2D eigenvalue weighted by Crippen LogP contribution is 2.36. The molecule has 13 heteroatoms. The third-order valence-electron chi connectivity index (χ3n) is 5.97. The number of anilines is 2. The van der Waals surface area contributed by atoms with Crippen molar-refractivity contribution in [1.29, 1.82) is 0 Å². The number of amides is 1. The van der Waals surface area contributed by atoms with Crippen molar-refractivity contribution >= 4 is 39.5 Å². The largest absolute Gasteiger partial charge is 0.416 e. The summed E-state index contributed by atoms with van der Waals surface area (Å²) in [5.74, 6) is -0.981. The second-order valence-electron chi connectivity index (χ2n) is 8.00. The smallest absolute Gasteiger partial charge is 0.383 e. The molecule has 0 atom stereocenters. The highest BCUT2D eigenvalue weighted by molar-refractivity contribution is 7.93. The van der Waals surface area contributed by atoms with Crippen molar-refractivity contribution in [3.8, 4) is 0 Å². The van der Waals surface area contributed by atoms with Crippen LogP contribution in [0.1, 0.15) is 18.4 Å². The zero-order chi connectivity index (χ0) is 25.0. The predicted molar refractivity (Wildman–Crippen MR) is 126 cm³/mol. The second kappa shape index (κ2) is 11.6. The topological polar surface area (TPSA) is 108 Å². The molecule has 8 nitrogen and oxygen atoms in total. The summed E-state index contributed by atoms with van der Waals surface area (Å²) < 4.78 is 68.3. The van der Waals surface area contributed by atoms with Gasteiger partial charge < -0.3 is 15.0 Å². The lowest BCUT2D eigenvalue weighted by molar-refractivity contribution is -0.137. The van der Waals surface area contributed by atoms with E-state index in [1.54, 1.807) is 7.11 Å². The summed E-state index contributed by atoms with van der Waals surface area (Å²) in [5, 5.41) is 12.2. The molecular weight excluding hydrogens is 511 g/mol. The van der Waals surface area contributed by atoms with E-state index >= 15 is 0 Å². The number of benzene rings is 2. The van der Waals surface area contributed by atoms with Crippen molar-refractivity contribution in [2.24, 2.45) is 0 Å². The number of alkyl halides is 3. The molecule has 0 saturated carbocycles. The molecule has 35 heavy (non-hydrogen) atoms. The maximum absolute atomic E-state index is 13.5. The zero-order valence-electron chi connectivity index (χ0n) is 18.8. The molecule has 3 N–H and O–H groups in total. The molecule has 1 aliphatic heterocycles. The van der Waals surface area contributed by atoms with Crippen LogP contribution in [0.25, 0.3) is 0 Å². The van der Waals surface area contributed by atoms with Crippen molar-refractivity contribution in [3.63, 3.8) is 0 Å². The number of hydroxylamine groups is 1. The minimum atomic E-state index is -4.44. The van der Waals surface area contributed by atoms with Gasteiger partial charge in [-0.05, 0) is 61.4 Å². The molecule has 0 radical (unpaired) electrons. The number of halogens is 4. The zero-order valence-corrected chi connectivity index (χ0v) is 20.5. The molecule has 0 bridgehead atoms. The first-order chi connectivity index (χ1) is 16.0. The number of sulfone groups is 1. The molecule has 0 aromatic heterocycles. The highest BCUT2D eigenvalue weighted by atomic mass is 35.5. The van der Waals surface area contributed by atoms with Gasteiger partial charge in [0.25, 0.3) is 5.91 Å². The Morgan fingerprint density at radius 2 is 1.57 bits per heavy atom. The van der Waals surface area contributed by atoms with Crippen LogP contribution in [0.5, 0.6) is 0 Å². The first kappa shape index (κ1) is 28.9. The Labute approximate surface area is 207 Å². The maximum Gasteiger partial charge on any atom is 0.416 e. The Hall–Kier alpha value is -2.38. The first-order valence-corrected chi connectivity index (χ1v) is 12.0. The van der Waals surface area contributed by atoms with E-state index in [9.17, 15) is 31.6 Å². The molecule has 2 aromatic rings. The lowest BCUT2D eigenvalue weighted by atomic mass is 9.95. The van der Waals surface area contributed by atoms with E-state index in [1.165, 1.54) is 41.9 Å². The lowest BCUT2D eigenvalue weighted by Crippen LogP contribution is -2.58. The van der Waals surface area contributed by atoms with Crippen molar-refractivity contribution in [1.82, 2.24) is 10.4 Å². The van der Waals surface area contributed by atoms with E-state index in [0.29, 0.717) is 37.6 Å². The summed E-state index contributed by atoms with van der Waals surface area (Å²) >= 11 is 0. The van der Waals surface area contributed by atoms with Gasteiger partial charge in [-0.2, -0.15) is 13.2 Å². The molecule has 1 heterocycles. The summed E-state index contributed by atoms with van der Waals surface area (Å²) in [5.41, 5.74) is 1.58. The average Bonchev–Trinajstić information content (AvgIpc) is 2.82. The predicted octanol–water partition coefficient (Wildman–Crippen LogP) is 3.63. The van der Waals surface area contributed by atoms with Crippen LogP contribution in [-0.4, -0.2) is 62.5 Å². The number of ether oxygens (including phenoxy) is 1. The number of nitrogens with zero attached hydrogens (tertiary/aromatic N) is 1. The SMILES string of the molecule is COCCN1CCC(C(=O)NO)(S(=O)(=O)c2ccc(Nc3ccc(C(F)(F)F)cc3)cc2)CC1.Cl. The Bertz CT molecular complexity index is 1090. The first-order valence-electron chi connectivity index (χ1n) is 10.5. The molecule has 1 saturated heterocycles. The Kier molecular flexibility index (Phi) is 9.54. The number of piperidine rings is 1. The monoisotopic (exact) mass is 537 g/mol. The van der Waals surface area contributed by atoms with Crippen molar-refractivity contribution in [2.75, 3.05) is 38.7 Å².